The van der Waals surface area contributed by atoms with Crippen LogP contribution in [0.1, 0.15) is 31.0 Å². The molecule has 1 N–H and O–H groups in total. The number of halogens is 1. The first kappa shape index (κ1) is 23.0. The molecule has 2 aromatic carbocycles. The summed E-state index contributed by atoms with van der Waals surface area (Å²) in [5.41, 5.74) is 1.09. The summed E-state index contributed by atoms with van der Waals surface area (Å²) in [6.45, 7) is 4.91. The molecule has 1 fully saturated rings. The zero-order chi connectivity index (χ0) is 22.7. The molecule has 1 heterocycles. The number of hydrogen-bond acceptors (Lipinski definition) is 4. The van der Waals surface area contributed by atoms with Crippen molar-refractivity contribution in [2.45, 2.75) is 26.0 Å². The molecule has 31 heavy (non-hydrogen) atoms. The first-order valence-corrected chi connectivity index (χ1v) is 11.1. The van der Waals surface area contributed by atoms with Crippen LogP contribution in [0.5, 0.6) is 5.75 Å². The van der Waals surface area contributed by atoms with E-state index in [1.165, 1.54) is 4.90 Å². The molecule has 0 aliphatic carbocycles. The second-order valence-electron chi connectivity index (χ2n) is 8.17. The van der Waals surface area contributed by atoms with Gasteiger partial charge in [-0.25, -0.2) is 0 Å². The van der Waals surface area contributed by atoms with Gasteiger partial charge < -0.3 is 19.6 Å². The SMILES string of the molecule is CC(C)Oc1ccc(C2/C(=C(\[O-])c3ccc(Br)cc3)C(=O)C(=O)N2CC[NH+](C)C)cc1. The van der Waals surface area contributed by atoms with Crippen molar-refractivity contribution in [1.82, 2.24) is 4.90 Å². The number of likely N-dealkylation sites (tertiary alicyclic amines) is 1. The highest BCUT2D eigenvalue weighted by Gasteiger charge is 2.44. The number of carbonyl (C=O) groups is 2. The van der Waals surface area contributed by atoms with Gasteiger partial charge in [-0.15, -0.1) is 0 Å². The molecule has 0 saturated carbocycles. The van der Waals surface area contributed by atoms with Crippen molar-refractivity contribution in [3.63, 3.8) is 0 Å². The lowest BCUT2D eigenvalue weighted by molar-refractivity contribution is -0.857. The Morgan fingerprint density at radius 1 is 1.10 bits per heavy atom. The first-order chi connectivity index (χ1) is 14.7. The highest BCUT2D eigenvalue weighted by Crippen LogP contribution is 2.39. The molecule has 0 aromatic heterocycles. The van der Waals surface area contributed by atoms with E-state index in [1.807, 2.05) is 40.1 Å². The minimum Gasteiger partial charge on any atom is -0.872 e. The van der Waals surface area contributed by atoms with Gasteiger partial charge in [-0.3, -0.25) is 9.59 Å². The van der Waals surface area contributed by atoms with Crippen LogP contribution in [0.4, 0.5) is 0 Å². The second kappa shape index (κ2) is 9.66. The van der Waals surface area contributed by atoms with E-state index in [-0.39, 0.29) is 11.7 Å². The fourth-order valence-electron chi connectivity index (χ4n) is 3.55. The number of quaternary nitrogens is 1. The van der Waals surface area contributed by atoms with Gasteiger partial charge in [0.15, 0.2) is 0 Å². The molecule has 1 aliphatic heterocycles. The largest absolute Gasteiger partial charge is 0.872 e. The molecule has 0 bridgehead atoms. The van der Waals surface area contributed by atoms with Crippen LogP contribution in [0, 0.1) is 0 Å². The predicted octanol–water partition coefficient (Wildman–Crippen LogP) is 1.60. The number of nitrogens with zero attached hydrogens (tertiary/aromatic N) is 1. The molecule has 164 valence electrons. The van der Waals surface area contributed by atoms with E-state index < -0.39 is 23.5 Å². The van der Waals surface area contributed by atoms with Crippen molar-refractivity contribution < 1.29 is 24.3 Å². The summed E-state index contributed by atoms with van der Waals surface area (Å²) in [5, 5.41) is 13.3. The molecular formula is C24H27BrN2O4. The van der Waals surface area contributed by atoms with Crippen molar-refractivity contribution in [2.75, 3.05) is 27.2 Å². The summed E-state index contributed by atoms with van der Waals surface area (Å²) >= 11 is 3.35. The summed E-state index contributed by atoms with van der Waals surface area (Å²) in [6, 6.07) is 13.3. The molecule has 0 radical (unpaired) electrons. The summed E-state index contributed by atoms with van der Waals surface area (Å²) in [7, 11) is 3.96. The third kappa shape index (κ3) is 5.17. The highest BCUT2D eigenvalue weighted by atomic mass is 79.9. The van der Waals surface area contributed by atoms with Gasteiger partial charge >= 0.3 is 0 Å². The van der Waals surface area contributed by atoms with Crippen LogP contribution in [0.25, 0.3) is 5.76 Å². The number of likely N-dealkylation sites (N-methyl/N-ethyl adjacent to an activating group) is 1. The van der Waals surface area contributed by atoms with Gasteiger partial charge in [-0.05, 0) is 49.2 Å². The van der Waals surface area contributed by atoms with Gasteiger partial charge in [0.1, 0.15) is 5.75 Å². The van der Waals surface area contributed by atoms with E-state index in [0.717, 1.165) is 9.37 Å². The van der Waals surface area contributed by atoms with Crippen LogP contribution in [0.3, 0.4) is 0 Å². The van der Waals surface area contributed by atoms with Gasteiger partial charge in [0, 0.05) is 10.0 Å². The Hall–Kier alpha value is -2.64. The summed E-state index contributed by atoms with van der Waals surface area (Å²) in [6.07, 6.45) is 0.0288. The van der Waals surface area contributed by atoms with Crippen LogP contribution in [-0.2, 0) is 9.59 Å². The lowest BCUT2D eigenvalue weighted by atomic mass is 9.95. The summed E-state index contributed by atoms with van der Waals surface area (Å²) in [4.78, 5) is 28.5. The summed E-state index contributed by atoms with van der Waals surface area (Å²) < 4.78 is 6.54. The Morgan fingerprint density at radius 2 is 1.71 bits per heavy atom. The van der Waals surface area contributed by atoms with Crippen LogP contribution in [0.15, 0.2) is 58.6 Å². The molecule has 0 spiro atoms. The van der Waals surface area contributed by atoms with Gasteiger partial charge in [-0.2, -0.15) is 0 Å². The monoisotopic (exact) mass is 486 g/mol. The van der Waals surface area contributed by atoms with E-state index in [1.54, 1.807) is 36.4 Å². The Bertz CT molecular complexity index is 982. The number of nitrogens with one attached hydrogen (secondary N) is 1. The van der Waals surface area contributed by atoms with Crippen molar-refractivity contribution in [2.24, 2.45) is 0 Å². The second-order valence-corrected chi connectivity index (χ2v) is 9.09. The van der Waals surface area contributed by atoms with Gasteiger partial charge in [0.2, 0.25) is 5.78 Å². The number of hydrogen-bond donors (Lipinski definition) is 1. The molecule has 1 atom stereocenters. The zero-order valence-electron chi connectivity index (χ0n) is 18.1. The number of ketones is 1. The van der Waals surface area contributed by atoms with E-state index >= 15 is 0 Å². The van der Waals surface area contributed by atoms with E-state index in [0.29, 0.717) is 30.0 Å². The normalized spacial score (nSPS) is 18.3. The number of ether oxygens (including phenoxy) is 1. The number of Topliss-reactive ketones (excluding diaryl/α,β-unsaturated/α-hetero) is 1. The number of carbonyl (C=O) groups excluding carboxylic acids is 2. The Balaban J connectivity index is 2.08. The molecule has 1 amide bonds. The molecule has 7 heteroatoms. The minimum absolute atomic E-state index is 0.00129. The number of benzene rings is 2. The van der Waals surface area contributed by atoms with Crippen molar-refractivity contribution >= 4 is 33.4 Å². The van der Waals surface area contributed by atoms with E-state index in [4.69, 9.17) is 4.74 Å². The number of rotatable bonds is 7. The maximum Gasteiger partial charge on any atom is 0.295 e. The molecular weight excluding hydrogens is 460 g/mol. The third-order valence-corrected chi connectivity index (χ3v) is 5.58. The Kier molecular flexibility index (Phi) is 7.18. The Labute approximate surface area is 191 Å². The summed E-state index contributed by atoms with van der Waals surface area (Å²) in [5.74, 6) is -1.08. The van der Waals surface area contributed by atoms with E-state index in [2.05, 4.69) is 15.9 Å². The maximum atomic E-state index is 13.3. The fraction of sp³-hybridized carbons (Fsp3) is 0.333. The van der Waals surface area contributed by atoms with Crippen LogP contribution in [-0.4, -0.2) is 49.9 Å². The predicted molar refractivity (Wildman–Crippen MR) is 120 cm³/mol. The lowest BCUT2D eigenvalue weighted by Crippen LogP contribution is -3.06. The lowest BCUT2D eigenvalue weighted by Gasteiger charge is -2.28. The average molecular weight is 487 g/mol. The van der Waals surface area contributed by atoms with Gasteiger partial charge in [0.05, 0.1) is 39.3 Å². The zero-order valence-corrected chi connectivity index (χ0v) is 19.7. The van der Waals surface area contributed by atoms with Crippen molar-refractivity contribution in [3.05, 3.63) is 69.7 Å². The van der Waals surface area contributed by atoms with Gasteiger partial charge in [0.25, 0.3) is 5.91 Å². The highest BCUT2D eigenvalue weighted by molar-refractivity contribution is 9.10. The molecule has 6 nitrogen and oxygen atoms in total. The quantitative estimate of drug-likeness (QED) is 0.366. The smallest absolute Gasteiger partial charge is 0.295 e. The van der Waals surface area contributed by atoms with E-state index in [9.17, 15) is 14.7 Å². The van der Waals surface area contributed by atoms with Crippen LogP contribution >= 0.6 is 15.9 Å². The fourth-order valence-corrected chi connectivity index (χ4v) is 3.81. The first-order valence-electron chi connectivity index (χ1n) is 10.3. The Morgan fingerprint density at radius 3 is 2.26 bits per heavy atom. The van der Waals surface area contributed by atoms with Crippen molar-refractivity contribution in [1.29, 1.82) is 0 Å². The minimum atomic E-state index is -0.728. The average Bonchev–Trinajstić information content (AvgIpc) is 2.97. The number of amides is 1. The van der Waals surface area contributed by atoms with Crippen molar-refractivity contribution in [3.8, 4) is 5.75 Å². The van der Waals surface area contributed by atoms with Gasteiger partial charge in [-0.1, -0.05) is 46.0 Å². The van der Waals surface area contributed by atoms with Crippen LogP contribution in [0.2, 0.25) is 0 Å². The molecule has 1 unspecified atom stereocenters. The van der Waals surface area contributed by atoms with Crippen LogP contribution < -0.4 is 14.7 Å². The molecule has 2 aromatic rings. The molecule has 3 rings (SSSR count). The molecule has 1 saturated heterocycles. The maximum absolute atomic E-state index is 13.3. The third-order valence-electron chi connectivity index (χ3n) is 5.06. The molecule has 1 aliphatic rings. The topological polar surface area (TPSA) is 74.1 Å². The standard InChI is InChI=1S/C24H27BrN2O4/c1-15(2)31-19-11-7-16(8-12-19)21-20(22(28)17-5-9-18(25)10-6-17)23(29)24(30)27(21)14-13-26(3)4/h5-12,15,21,28H,13-14H2,1-4H3/b22-20+.